The van der Waals surface area contributed by atoms with Crippen LogP contribution in [-0.2, 0) is 47.6 Å². The summed E-state index contributed by atoms with van der Waals surface area (Å²) in [5, 5.41) is 0. The molecule has 0 spiro atoms. The van der Waals surface area contributed by atoms with Gasteiger partial charge in [0.15, 0.2) is 0 Å². The molecular formula is C19H32O10. The first-order chi connectivity index (χ1) is 14.0. The smallest absolute Gasteiger partial charge is 0.307 e. The molecule has 0 saturated heterocycles. The van der Waals surface area contributed by atoms with Crippen LogP contribution in [0.5, 0.6) is 0 Å². The lowest BCUT2D eigenvalue weighted by Gasteiger charge is -2.33. The van der Waals surface area contributed by atoms with E-state index in [1.54, 1.807) is 0 Å². The molecule has 29 heavy (non-hydrogen) atoms. The maximum atomic E-state index is 11.2. The van der Waals surface area contributed by atoms with Gasteiger partial charge in [0.25, 0.3) is 0 Å². The van der Waals surface area contributed by atoms with Gasteiger partial charge in [-0.1, -0.05) is 0 Å². The van der Waals surface area contributed by atoms with E-state index in [9.17, 15) is 19.2 Å². The normalized spacial score (nSPS) is 11.1. The molecule has 0 aromatic rings. The summed E-state index contributed by atoms with van der Waals surface area (Å²) in [6.07, 6.45) is 2.18. The molecule has 0 aliphatic carbocycles. The van der Waals surface area contributed by atoms with Gasteiger partial charge in [-0.3, -0.25) is 9.59 Å². The Morgan fingerprint density at radius 3 is 1.31 bits per heavy atom. The molecule has 0 saturated carbocycles. The average Bonchev–Trinajstić information content (AvgIpc) is 2.74. The summed E-state index contributed by atoms with van der Waals surface area (Å²) in [5.41, 5.74) is -0.752. The van der Waals surface area contributed by atoms with Crippen molar-refractivity contribution in [3.05, 3.63) is 0 Å². The molecule has 0 rings (SSSR count). The first-order valence-corrected chi connectivity index (χ1v) is 9.35. The fourth-order valence-electron chi connectivity index (χ4n) is 2.18. The van der Waals surface area contributed by atoms with Crippen LogP contribution < -0.4 is 0 Å². The molecule has 0 aromatic heterocycles. The Bertz CT molecular complexity index is 424. The Hall–Kier alpha value is -1.88. The van der Waals surface area contributed by atoms with E-state index in [0.717, 1.165) is 12.6 Å². The minimum atomic E-state index is -0.752. The predicted molar refractivity (Wildman–Crippen MR) is 100 cm³/mol. The van der Waals surface area contributed by atoms with Crippen molar-refractivity contribution in [2.24, 2.45) is 5.41 Å². The lowest BCUT2D eigenvalue weighted by atomic mass is 9.92. The van der Waals surface area contributed by atoms with Crippen molar-refractivity contribution in [1.29, 1.82) is 0 Å². The number of carbonyl (C=O) groups excluding carboxylic acids is 4. The highest BCUT2D eigenvalue weighted by Gasteiger charge is 2.32. The molecule has 0 aromatic carbocycles. The minimum absolute atomic E-state index is 0.0910. The molecule has 0 atom stereocenters. The number of hydrogen-bond donors (Lipinski definition) is 0. The van der Waals surface area contributed by atoms with Crippen LogP contribution in [0.25, 0.3) is 0 Å². The molecule has 0 unspecified atom stereocenters. The highest BCUT2D eigenvalue weighted by atomic mass is 16.5. The monoisotopic (exact) mass is 420 g/mol. The molecule has 0 radical (unpaired) electrons. The predicted octanol–water partition coefficient (Wildman–Crippen LogP) is 0.343. The van der Waals surface area contributed by atoms with Gasteiger partial charge in [0, 0.05) is 12.8 Å². The van der Waals surface area contributed by atoms with E-state index in [1.165, 1.54) is 14.2 Å². The van der Waals surface area contributed by atoms with E-state index >= 15 is 0 Å². The van der Waals surface area contributed by atoms with E-state index in [2.05, 4.69) is 9.47 Å². The van der Waals surface area contributed by atoms with Crippen molar-refractivity contribution in [3.63, 3.8) is 0 Å². The zero-order chi connectivity index (χ0) is 21.8. The summed E-state index contributed by atoms with van der Waals surface area (Å²) in [4.78, 5) is 43.5. The van der Waals surface area contributed by atoms with Crippen LogP contribution >= 0.6 is 0 Å². The maximum absolute atomic E-state index is 11.2. The topological polar surface area (TPSA) is 124 Å². The Morgan fingerprint density at radius 1 is 0.655 bits per heavy atom. The maximum Gasteiger partial charge on any atom is 0.307 e. The van der Waals surface area contributed by atoms with E-state index < -0.39 is 17.4 Å². The highest BCUT2D eigenvalue weighted by Crippen LogP contribution is 2.21. The summed E-state index contributed by atoms with van der Waals surface area (Å²) in [7, 11) is 2.59. The second kappa shape index (κ2) is 18.2. The van der Waals surface area contributed by atoms with Gasteiger partial charge in [0.2, 0.25) is 0 Å². The van der Waals surface area contributed by atoms with Gasteiger partial charge in [-0.05, 0) is 0 Å². The van der Waals surface area contributed by atoms with E-state index in [0.29, 0.717) is 0 Å². The fraction of sp³-hybridized carbons (Fsp3) is 0.789. The largest absolute Gasteiger partial charge is 0.469 e. The van der Waals surface area contributed by atoms with Crippen LogP contribution in [0.15, 0.2) is 0 Å². The van der Waals surface area contributed by atoms with Crippen LogP contribution in [0.3, 0.4) is 0 Å². The van der Waals surface area contributed by atoms with Gasteiger partial charge in [0.1, 0.15) is 12.6 Å². The molecule has 0 fully saturated rings. The average molecular weight is 420 g/mol. The quantitative estimate of drug-likeness (QED) is 0.155. The molecular weight excluding hydrogens is 388 g/mol. The van der Waals surface area contributed by atoms with Crippen molar-refractivity contribution in [1.82, 2.24) is 0 Å². The van der Waals surface area contributed by atoms with Crippen LogP contribution in [0.1, 0.15) is 25.7 Å². The van der Waals surface area contributed by atoms with Gasteiger partial charge in [-0.25, -0.2) is 0 Å². The number of methoxy groups -OCH3 is 2. The Morgan fingerprint density at radius 2 is 1.00 bits per heavy atom. The highest BCUT2D eigenvalue weighted by molar-refractivity contribution is 5.69. The second-order valence-electron chi connectivity index (χ2n) is 6.27. The number of ether oxygens (including phenoxy) is 6. The summed E-state index contributed by atoms with van der Waals surface area (Å²) in [6.45, 7) is 1.35. The summed E-state index contributed by atoms with van der Waals surface area (Å²) >= 11 is 0. The number of carbonyl (C=O) groups is 4. The standard InChI is InChI=1S/C19H32O10/c1-24-17(22)5-11-28-15-19(13-26-9-3-7-20,14-27-10-4-8-21)16-29-12-6-18(23)25-2/h7-8H,3-6,9-16H2,1-2H3. The Labute approximate surface area is 171 Å². The third kappa shape index (κ3) is 14.7. The Balaban J connectivity index is 4.88. The molecule has 0 N–H and O–H groups in total. The lowest BCUT2D eigenvalue weighted by molar-refractivity contribution is -0.144. The molecule has 10 nitrogen and oxygen atoms in total. The van der Waals surface area contributed by atoms with Crippen LogP contribution in [0, 0.1) is 5.41 Å². The number of hydrogen-bond acceptors (Lipinski definition) is 10. The SMILES string of the molecule is COC(=O)CCOCC(COCCC=O)(COCCC=O)COCCC(=O)OC. The first-order valence-electron chi connectivity index (χ1n) is 9.35. The zero-order valence-electron chi connectivity index (χ0n) is 17.2. The van der Waals surface area contributed by atoms with Crippen molar-refractivity contribution < 1.29 is 47.6 Å². The van der Waals surface area contributed by atoms with Crippen molar-refractivity contribution in [3.8, 4) is 0 Å². The van der Waals surface area contributed by atoms with Crippen LogP contribution in [0.2, 0.25) is 0 Å². The summed E-state index contributed by atoms with van der Waals surface area (Å²) in [6, 6.07) is 0. The number of rotatable bonds is 20. The van der Waals surface area contributed by atoms with E-state index in [4.69, 9.17) is 18.9 Å². The van der Waals surface area contributed by atoms with Crippen LogP contribution in [0.4, 0.5) is 0 Å². The van der Waals surface area contributed by atoms with Gasteiger partial charge in [-0.2, -0.15) is 0 Å². The summed E-state index contributed by atoms with van der Waals surface area (Å²) < 4.78 is 31.5. The molecule has 10 heteroatoms. The second-order valence-corrected chi connectivity index (χ2v) is 6.27. The zero-order valence-corrected chi connectivity index (χ0v) is 17.2. The van der Waals surface area contributed by atoms with Crippen molar-refractivity contribution >= 4 is 24.5 Å². The van der Waals surface area contributed by atoms with E-state index in [1.807, 2.05) is 0 Å². The molecule has 0 aliphatic rings. The molecule has 0 amide bonds. The third-order valence-corrected chi connectivity index (χ3v) is 3.75. The van der Waals surface area contributed by atoms with E-state index in [-0.39, 0.29) is 78.5 Å². The van der Waals surface area contributed by atoms with Crippen molar-refractivity contribution in [2.75, 3.05) is 67.1 Å². The molecule has 0 bridgehead atoms. The van der Waals surface area contributed by atoms with Gasteiger partial charge in [-0.15, -0.1) is 0 Å². The number of aldehydes is 2. The fourth-order valence-corrected chi connectivity index (χ4v) is 2.18. The first kappa shape index (κ1) is 27.1. The van der Waals surface area contributed by atoms with Gasteiger partial charge >= 0.3 is 11.9 Å². The molecule has 0 heterocycles. The lowest BCUT2D eigenvalue weighted by Crippen LogP contribution is -2.42. The van der Waals surface area contributed by atoms with Gasteiger partial charge in [0.05, 0.1) is 85.3 Å². The van der Waals surface area contributed by atoms with Crippen LogP contribution in [-0.4, -0.2) is 91.6 Å². The molecule has 168 valence electrons. The van der Waals surface area contributed by atoms with Crippen molar-refractivity contribution in [2.45, 2.75) is 25.7 Å². The Kier molecular flexibility index (Phi) is 17.0. The van der Waals surface area contributed by atoms with Gasteiger partial charge < -0.3 is 38.0 Å². The third-order valence-electron chi connectivity index (χ3n) is 3.75. The molecule has 0 aliphatic heterocycles. The number of esters is 2. The minimum Gasteiger partial charge on any atom is -0.469 e. The summed E-state index contributed by atoms with van der Waals surface area (Å²) in [5.74, 6) is -0.788.